The van der Waals surface area contributed by atoms with Crippen molar-refractivity contribution in [2.24, 2.45) is 0 Å². The first-order chi connectivity index (χ1) is 9.78. The largest absolute Gasteiger partial charge is 0.497 e. The third kappa shape index (κ3) is 2.42. The molecule has 0 amide bonds. The summed E-state index contributed by atoms with van der Waals surface area (Å²) in [5, 5.41) is 0. The van der Waals surface area contributed by atoms with Crippen LogP contribution in [0.15, 0.2) is 66.7 Å². The Hall–Kier alpha value is -2.22. The fourth-order valence-corrected chi connectivity index (χ4v) is 2.82. The van der Waals surface area contributed by atoms with Gasteiger partial charge in [-0.3, -0.25) is 0 Å². The highest BCUT2D eigenvalue weighted by Crippen LogP contribution is 2.38. The van der Waals surface area contributed by atoms with Crippen LogP contribution in [-0.4, -0.2) is 13.7 Å². The number of nitrogens with zero attached hydrogens (tertiary/aromatic N) is 1. The molecule has 0 radical (unpaired) electrons. The molecule has 1 aliphatic heterocycles. The molecule has 0 saturated carbocycles. The van der Waals surface area contributed by atoms with E-state index in [1.807, 2.05) is 12.1 Å². The molecular weight excluding hydrogens is 246 g/mol. The van der Waals surface area contributed by atoms with Crippen LogP contribution in [0.2, 0.25) is 0 Å². The van der Waals surface area contributed by atoms with E-state index in [9.17, 15) is 0 Å². The van der Waals surface area contributed by atoms with Gasteiger partial charge in [0.15, 0.2) is 0 Å². The van der Waals surface area contributed by atoms with Gasteiger partial charge in [0.05, 0.1) is 13.2 Å². The third-order valence-corrected chi connectivity index (χ3v) is 3.84. The number of benzene rings is 2. The maximum absolute atomic E-state index is 5.23. The maximum atomic E-state index is 5.23. The minimum absolute atomic E-state index is 0.386. The maximum Gasteiger partial charge on any atom is 0.119 e. The predicted molar refractivity (Wildman–Crippen MR) is 83.3 cm³/mol. The highest BCUT2D eigenvalue weighted by molar-refractivity contribution is 5.54. The Kier molecular flexibility index (Phi) is 3.46. The lowest BCUT2D eigenvalue weighted by Gasteiger charge is -2.27. The first kappa shape index (κ1) is 12.8. The summed E-state index contributed by atoms with van der Waals surface area (Å²) in [6.45, 7) is 5.10. The first-order valence-electron chi connectivity index (χ1n) is 6.90. The summed E-state index contributed by atoms with van der Waals surface area (Å²) in [5.41, 5.74) is 3.86. The minimum Gasteiger partial charge on any atom is -0.497 e. The molecule has 2 aromatic carbocycles. The number of methoxy groups -OCH3 is 1. The Bertz CT molecular complexity index is 589. The molecule has 1 aliphatic rings. The Balaban J connectivity index is 1.91. The molecular formula is C18H19NO. The molecule has 0 aliphatic carbocycles. The van der Waals surface area contributed by atoms with Gasteiger partial charge in [0.25, 0.3) is 0 Å². The second-order valence-corrected chi connectivity index (χ2v) is 5.21. The monoisotopic (exact) mass is 265 g/mol. The highest BCUT2D eigenvalue weighted by atomic mass is 16.5. The number of hydrogen-bond acceptors (Lipinski definition) is 2. The summed E-state index contributed by atoms with van der Waals surface area (Å²) < 4.78 is 5.23. The fraction of sp³-hybridized carbons (Fsp3) is 0.222. The van der Waals surface area contributed by atoms with Gasteiger partial charge >= 0.3 is 0 Å². The van der Waals surface area contributed by atoms with Crippen molar-refractivity contribution in [3.8, 4) is 5.75 Å². The van der Waals surface area contributed by atoms with E-state index in [1.165, 1.54) is 16.8 Å². The zero-order chi connectivity index (χ0) is 13.9. The Morgan fingerprint density at radius 1 is 1.05 bits per heavy atom. The van der Waals surface area contributed by atoms with Crippen molar-refractivity contribution in [1.82, 2.24) is 0 Å². The van der Waals surface area contributed by atoms with E-state index in [0.717, 1.165) is 18.7 Å². The van der Waals surface area contributed by atoms with Crippen LogP contribution >= 0.6 is 0 Å². The lowest BCUT2D eigenvalue weighted by molar-refractivity contribution is 0.415. The summed E-state index contributed by atoms with van der Waals surface area (Å²) >= 11 is 0. The van der Waals surface area contributed by atoms with Gasteiger partial charge in [0.1, 0.15) is 5.75 Å². The van der Waals surface area contributed by atoms with E-state index < -0.39 is 0 Å². The molecule has 0 aromatic heterocycles. The normalized spacial score (nSPS) is 18.4. The Morgan fingerprint density at radius 3 is 2.40 bits per heavy atom. The molecule has 20 heavy (non-hydrogen) atoms. The molecule has 0 spiro atoms. The smallest absolute Gasteiger partial charge is 0.119 e. The molecule has 1 atom stereocenters. The quantitative estimate of drug-likeness (QED) is 0.771. The third-order valence-electron chi connectivity index (χ3n) is 3.84. The van der Waals surface area contributed by atoms with Crippen LogP contribution in [0, 0.1) is 0 Å². The summed E-state index contributed by atoms with van der Waals surface area (Å²) in [5.74, 6) is 0.892. The van der Waals surface area contributed by atoms with Crippen molar-refractivity contribution < 1.29 is 4.74 Å². The molecule has 3 rings (SSSR count). The number of ether oxygens (including phenoxy) is 1. The fourth-order valence-electron chi connectivity index (χ4n) is 2.82. The molecule has 0 N–H and O–H groups in total. The van der Waals surface area contributed by atoms with Crippen LogP contribution in [0.5, 0.6) is 5.75 Å². The van der Waals surface area contributed by atoms with Crippen LogP contribution in [0.1, 0.15) is 18.0 Å². The highest BCUT2D eigenvalue weighted by Gasteiger charge is 2.28. The van der Waals surface area contributed by atoms with E-state index in [-0.39, 0.29) is 0 Å². The van der Waals surface area contributed by atoms with Crippen molar-refractivity contribution in [3.63, 3.8) is 0 Å². The zero-order valence-corrected chi connectivity index (χ0v) is 11.8. The van der Waals surface area contributed by atoms with Gasteiger partial charge in [-0.15, -0.1) is 0 Å². The molecule has 0 bridgehead atoms. The summed E-state index contributed by atoms with van der Waals surface area (Å²) in [7, 11) is 1.69. The number of rotatable bonds is 3. The van der Waals surface area contributed by atoms with Gasteiger partial charge in [-0.1, -0.05) is 42.5 Å². The molecule has 2 aromatic rings. The van der Waals surface area contributed by atoms with Crippen LogP contribution in [-0.2, 0) is 0 Å². The van der Waals surface area contributed by atoms with E-state index in [2.05, 4.69) is 53.9 Å². The van der Waals surface area contributed by atoms with Crippen molar-refractivity contribution in [3.05, 3.63) is 72.3 Å². The van der Waals surface area contributed by atoms with E-state index in [0.29, 0.717) is 6.04 Å². The lowest BCUT2D eigenvalue weighted by Crippen LogP contribution is -2.22. The van der Waals surface area contributed by atoms with E-state index in [1.54, 1.807) is 7.11 Å². The SMILES string of the molecule is C=C1CC(c2ccccc2)N(c2ccc(OC)cc2)C1. The van der Waals surface area contributed by atoms with Gasteiger partial charge in [0.2, 0.25) is 0 Å². The Labute approximate surface area is 120 Å². The van der Waals surface area contributed by atoms with Crippen LogP contribution in [0.4, 0.5) is 5.69 Å². The van der Waals surface area contributed by atoms with E-state index >= 15 is 0 Å². The zero-order valence-electron chi connectivity index (χ0n) is 11.8. The van der Waals surface area contributed by atoms with Crippen LogP contribution in [0.25, 0.3) is 0 Å². The van der Waals surface area contributed by atoms with Gasteiger partial charge in [-0.2, -0.15) is 0 Å². The molecule has 102 valence electrons. The van der Waals surface area contributed by atoms with Gasteiger partial charge in [-0.05, 0) is 36.2 Å². The number of anilines is 1. The van der Waals surface area contributed by atoms with Gasteiger partial charge < -0.3 is 9.64 Å². The second-order valence-electron chi connectivity index (χ2n) is 5.21. The number of hydrogen-bond donors (Lipinski definition) is 0. The molecule has 1 saturated heterocycles. The summed E-state index contributed by atoms with van der Waals surface area (Å²) in [6, 6.07) is 19.3. The van der Waals surface area contributed by atoms with Crippen molar-refractivity contribution >= 4 is 5.69 Å². The molecule has 1 unspecified atom stereocenters. The van der Waals surface area contributed by atoms with Crippen molar-refractivity contribution in [2.75, 3.05) is 18.6 Å². The summed E-state index contributed by atoms with van der Waals surface area (Å²) in [4.78, 5) is 2.41. The molecule has 2 nitrogen and oxygen atoms in total. The van der Waals surface area contributed by atoms with Crippen LogP contribution in [0.3, 0.4) is 0 Å². The average molecular weight is 265 g/mol. The van der Waals surface area contributed by atoms with Gasteiger partial charge in [-0.25, -0.2) is 0 Å². The predicted octanol–water partition coefficient (Wildman–Crippen LogP) is 4.20. The minimum atomic E-state index is 0.386. The molecule has 1 heterocycles. The van der Waals surface area contributed by atoms with Crippen LogP contribution < -0.4 is 9.64 Å². The van der Waals surface area contributed by atoms with Gasteiger partial charge in [0, 0.05) is 12.2 Å². The molecule has 1 fully saturated rings. The lowest BCUT2D eigenvalue weighted by atomic mass is 10.0. The Morgan fingerprint density at radius 2 is 1.75 bits per heavy atom. The van der Waals surface area contributed by atoms with Crippen molar-refractivity contribution in [1.29, 1.82) is 0 Å². The van der Waals surface area contributed by atoms with E-state index in [4.69, 9.17) is 4.74 Å². The molecule has 2 heteroatoms. The topological polar surface area (TPSA) is 12.5 Å². The second kappa shape index (κ2) is 5.41. The standard InChI is InChI=1S/C18H19NO/c1-14-12-18(15-6-4-3-5-7-15)19(13-14)16-8-10-17(20-2)11-9-16/h3-11,18H,1,12-13H2,2H3. The average Bonchev–Trinajstić information content (AvgIpc) is 2.90. The van der Waals surface area contributed by atoms with Crippen molar-refractivity contribution in [2.45, 2.75) is 12.5 Å². The summed E-state index contributed by atoms with van der Waals surface area (Å²) in [6.07, 6.45) is 1.02. The first-order valence-corrected chi connectivity index (χ1v) is 6.90.